The van der Waals surface area contributed by atoms with Gasteiger partial charge in [0.15, 0.2) is 12.2 Å². The number of aliphatic hydroxyl groups is 1. The minimum Gasteiger partial charge on any atom is -0.462 e. The zero-order valence-corrected chi connectivity index (χ0v) is 66.9. The number of unbranched alkanes of at least 4 members (excludes halogenated alkanes) is 42. The van der Waals surface area contributed by atoms with Crippen molar-refractivity contribution < 1.29 is 80.2 Å². The van der Waals surface area contributed by atoms with Crippen LogP contribution in [0.4, 0.5) is 0 Å². The van der Waals surface area contributed by atoms with E-state index in [1.807, 2.05) is 0 Å². The molecule has 0 aromatic heterocycles. The number of phosphoric acid groups is 2. The summed E-state index contributed by atoms with van der Waals surface area (Å²) < 4.78 is 68.7. The fraction of sp³-hybridized carbons (Fsp3) is 0.950. The Balaban J connectivity index is 5.22. The SMILES string of the molecule is CCC(C)CCCCCCCCCCCCCCCCC(=O)O[C@H](COC(=O)CCCCCCCCCCCC(C)C)COP(=O)(O)OCC(O)COP(=O)(O)OC[C@@H](COC(=O)CCCCCCCCCC(C)C)OC(=O)CCCCCCCCCCCCCCCCCCC(C)C. The second-order valence-corrected chi connectivity index (χ2v) is 33.4. The van der Waals surface area contributed by atoms with Crippen molar-refractivity contribution in [2.24, 2.45) is 23.7 Å². The van der Waals surface area contributed by atoms with E-state index < -0.39 is 97.5 Å². The maximum Gasteiger partial charge on any atom is 0.472 e. The van der Waals surface area contributed by atoms with E-state index in [1.54, 1.807) is 0 Å². The molecule has 0 aliphatic heterocycles. The molecule has 0 aliphatic rings. The molecular weight excluding hydrogens is 1290 g/mol. The molecule has 6 atom stereocenters. The molecule has 0 radical (unpaired) electrons. The largest absolute Gasteiger partial charge is 0.472 e. The third-order valence-corrected chi connectivity index (χ3v) is 20.8. The lowest BCUT2D eigenvalue weighted by atomic mass is 9.99. The fourth-order valence-corrected chi connectivity index (χ4v) is 13.8. The summed E-state index contributed by atoms with van der Waals surface area (Å²) in [6, 6.07) is 0. The van der Waals surface area contributed by atoms with Gasteiger partial charge >= 0.3 is 39.5 Å². The molecule has 4 unspecified atom stereocenters. The van der Waals surface area contributed by atoms with E-state index in [0.717, 1.165) is 114 Å². The van der Waals surface area contributed by atoms with Gasteiger partial charge in [-0.15, -0.1) is 0 Å². The number of hydrogen-bond acceptors (Lipinski definition) is 15. The number of esters is 4. The lowest BCUT2D eigenvalue weighted by Crippen LogP contribution is -2.30. The van der Waals surface area contributed by atoms with Crippen LogP contribution < -0.4 is 0 Å². The van der Waals surface area contributed by atoms with Crippen LogP contribution in [0.5, 0.6) is 0 Å². The first-order valence-electron chi connectivity index (χ1n) is 41.2. The molecule has 0 heterocycles. The average Bonchev–Trinajstić information content (AvgIpc) is 1.08. The lowest BCUT2D eigenvalue weighted by Gasteiger charge is -2.21. The van der Waals surface area contributed by atoms with E-state index in [0.29, 0.717) is 31.6 Å². The van der Waals surface area contributed by atoms with Gasteiger partial charge in [-0.1, -0.05) is 357 Å². The third kappa shape index (κ3) is 72.8. The van der Waals surface area contributed by atoms with Gasteiger partial charge in [0.25, 0.3) is 0 Å². The first-order chi connectivity index (χ1) is 47.6. The highest BCUT2D eigenvalue weighted by Crippen LogP contribution is 2.45. The Labute approximate surface area is 607 Å². The van der Waals surface area contributed by atoms with Gasteiger partial charge in [-0.2, -0.15) is 0 Å². The van der Waals surface area contributed by atoms with E-state index >= 15 is 0 Å². The van der Waals surface area contributed by atoms with Gasteiger partial charge < -0.3 is 33.8 Å². The number of aliphatic hydroxyl groups excluding tert-OH is 1. The second kappa shape index (κ2) is 69.1. The standard InChI is InChI=1S/C80H156O17P2/c1-9-73(8)59-51-43-35-27-21-17-14-15-19-23-29-38-47-55-63-79(84)96-75(66-90-77(82)60-52-44-36-30-24-26-33-41-49-57-71(4)5)68-94-98(86,87)92-64-74(81)65-93-99(88,89)95-69-76(67-91-78(83)61-53-45-39-31-34-42-50-58-72(6)7)97-80(85)62-54-46-37-28-22-18-13-11-10-12-16-20-25-32-40-48-56-70(2)3/h70-76,81H,9-69H2,1-8H3,(H,86,87)(H,88,89)/t73?,74?,75-,76-/m1/s1. The summed E-state index contributed by atoms with van der Waals surface area (Å²) >= 11 is 0. The van der Waals surface area contributed by atoms with Crippen molar-refractivity contribution in [3.8, 4) is 0 Å². The predicted octanol–water partition coefficient (Wildman–Crippen LogP) is 23.6. The number of ether oxygens (including phenoxy) is 4. The molecule has 0 fully saturated rings. The van der Waals surface area contributed by atoms with Crippen LogP contribution in [0.3, 0.4) is 0 Å². The van der Waals surface area contributed by atoms with Crippen LogP contribution in [0.2, 0.25) is 0 Å². The Morgan fingerprint density at radius 3 is 0.717 bits per heavy atom. The van der Waals surface area contributed by atoms with E-state index in [4.69, 9.17) is 37.0 Å². The fourth-order valence-electron chi connectivity index (χ4n) is 12.2. The Kier molecular flexibility index (Phi) is 67.8. The van der Waals surface area contributed by atoms with Gasteiger partial charge in [-0.25, -0.2) is 9.13 Å². The van der Waals surface area contributed by atoms with Crippen LogP contribution >= 0.6 is 15.6 Å². The summed E-state index contributed by atoms with van der Waals surface area (Å²) in [5, 5.41) is 10.6. The maximum atomic E-state index is 13.1. The number of carbonyl (C=O) groups is 4. The molecule has 0 bridgehead atoms. The quantitative estimate of drug-likeness (QED) is 0.0222. The molecule has 588 valence electrons. The zero-order chi connectivity index (χ0) is 73.1. The zero-order valence-electron chi connectivity index (χ0n) is 65.1. The molecule has 17 nitrogen and oxygen atoms in total. The number of phosphoric ester groups is 2. The van der Waals surface area contributed by atoms with Crippen molar-refractivity contribution in [2.75, 3.05) is 39.6 Å². The molecule has 0 amide bonds. The second-order valence-electron chi connectivity index (χ2n) is 30.5. The molecule has 0 rings (SSSR count). The molecule has 0 saturated heterocycles. The van der Waals surface area contributed by atoms with Crippen molar-refractivity contribution in [2.45, 2.75) is 427 Å². The minimum atomic E-state index is -4.96. The van der Waals surface area contributed by atoms with Gasteiger partial charge in [0.2, 0.25) is 0 Å². The molecule has 0 aliphatic carbocycles. The van der Waals surface area contributed by atoms with E-state index in [1.165, 1.54) is 205 Å². The summed E-state index contributed by atoms with van der Waals surface area (Å²) in [5.74, 6) is 0.987. The highest BCUT2D eigenvalue weighted by Gasteiger charge is 2.30. The first kappa shape index (κ1) is 97.1. The molecule has 0 aromatic rings. The van der Waals surface area contributed by atoms with Crippen molar-refractivity contribution in [3.63, 3.8) is 0 Å². The summed E-state index contributed by atoms with van der Waals surface area (Å²) in [7, 11) is -9.92. The highest BCUT2D eigenvalue weighted by atomic mass is 31.2. The molecule has 0 aromatic carbocycles. The molecule has 0 saturated carbocycles. The monoisotopic (exact) mass is 1450 g/mol. The predicted molar refractivity (Wildman–Crippen MR) is 404 cm³/mol. The molecule has 0 spiro atoms. The van der Waals surface area contributed by atoms with Gasteiger partial charge in [-0.05, 0) is 49.4 Å². The van der Waals surface area contributed by atoms with Gasteiger partial charge in [0.05, 0.1) is 26.4 Å². The molecule has 3 N–H and O–H groups in total. The van der Waals surface area contributed by atoms with Crippen LogP contribution in [0, 0.1) is 23.7 Å². The van der Waals surface area contributed by atoms with E-state index in [9.17, 15) is 43.2 Å². The normalized spacial score (nSPS) is 14.3. The number of hydrogen-bond donors (Lipinski definition) is 3. The third-order valence-electron chi connectivity index (χ3n) is 18.9. The smallest absolute Gasteiger partial charge is 0.462 e. The topological polar surface area (TPSA) is 237 Å². The minimum absolute atomic E-state index is 0.107. The number of rotatable bonds is 77. The summed E-state index contributed by atoms with van der Waals surface area (Å²) in [6.45, 7) is 14.2. The highest BCUT2D eigenvalue weighted by molar-refractivity contribution is 7.47. The van der Waals surface area contributed by atoms with E-state index in [-0.39, 0.29) is 25.7 Å². The van der Waals surface area contributed by atoms with Crippen LogP contribution in [-0.4, -0.2) is 96.7 Å². The van der Waals surface area contributed by atoms with Crippen molar-refractivity contribution in [1.82, 2.24) is 0 Å². The van der Waals surface area contributed by atoms with Crippen molar-refractivity contribution in [3.05, 3.63) is 0 Å². The maximum absolute atomic E-state index is 13.1. The molecule has 99 heavy (non-hydrogen) atoms. The molecule has 19 heteroatoms. The van der Waals surface area contributed by atoms with E-state index in [2.05, 4.69) is 55.4 Å². The van der Waals surface area contributed by atoms with Crippen molar-refractivity contribution in [1.29, 1.82) is 0 Å². The van der Waals surface area contributed by atoms with Crippen molar-refractivity contribution >= 4 is 39.5 Å². The average molecular weight is 1450 g/mol. The van der Waals surface area contributed by atoms with Crippen LogP contribution in [0.15, 0.2) is 0 Å². The van der Waals surface area contributed by atoms with Gasteiger partial charge in [0.1, 0.15) is 19.3 Å². The Morgan fingerprint density at radius 2 is 0.485 bits per heavy atom. The summed E-state index contributed by atoms with van der Waals surface area (Å²) in [4.78, 5) is 73.0. The Bertz CT molecular complexity index is 1940. The van der Waals surface area contributed by atoms with Gasteiger partial charge in [-0.3, -0.25) is 37.3 Å². The van der Waals surface area contributed by atoms with Gasteiger partial charge in [0, 0.05) is 25.7 Å². The number of carbonyl (C=O) groups excluding carboxylic acids is 4. The summed E-state index contributed by atoms with van der Waals surface area (Å²) in [6.07, 6.45) is 55.5. The first-order valence-corrected chi connectivity index (χ1v) is 44.2. The van der Waals surface area contributed by atoms with Crippen LogP contribution in [0.1, 0.15) is 409 Å². The summed E-state index contributed by atoms with van der Waals surface area (Å²) in [5.41, 5.74) is 0. The van der Waals surface area contributed by atoms with Crippen LogP contribution in [0.25, 0.3) is 0 Å². The lowest BCUT2D eigenvalue weighted by molar-refractivity contribution is -0.161. The molecular formula is C80H156O17P2. The van der Waals surface area contributed by atoms with Crippen LogP contribution in [-0.2, 0) is 65.4 Å². The Hall–Kier alpha value is -1.94. The Morgan fingerprint density at radius 1 is 0.283 bits per heavy atom.